The van der Waals surface area contributed by atoms with E-state index in [1.807, 2.05) is 18.2 Å². The van der Waals surface area contributed by atoms with E-state index in [9.17, 15) is 5.26 Å². The van der Waals surface area contributed by atoms with Crippen LogP contribution in [0.4, 0.5) is 0 Å². The van der Waals surface area contributed by atoms with Crippen molar-refractivity contribution in [2.24, 2.45) is 0 Å². The van der Waals surface area contributed by atoms with Crippen LogP contribution in [0, 0.1) is 11.3 Å². The van der Waals surface area contributed by atoms with E-state index in [0.717, 1.165) is 18.5 Å². The van der Waals surface area contributed by atoms with E-state index in [4.69, 9.17) is 0 Å². The van der Waals surface area contributed by atoms with Gasteiger partial charge in [-0.25, -0.2) is 0 Å². The Bertz CT molecular complexity index is 443. The summed E-state index contributed by atoms with van der Waals surface area (Å²) in [6.45, 7) is 7.55. The summed E-state index contributed by atoms with van der Waals surface area (Å²) in [6.07, 6.45) is 3.43. The van der Waals surface area contributed by atoms with Crippen LogP contribution in [0.25, 0.3) is 0 Å². The van der Waals surface area contributed by atoms with Crippen molar-refractivity contribution in [3.05, 3.63) is 35.9 Å². The highest BCUT2D eigenvalue weighted by atomic mass is 15.1. The second-order valence-corrected chi connectivity index (χ2v) is 5.98. The van der Waals surface area contributed by atoms with Gasteiger partial charge in [-0.2, -0.15) is 5.26 Å². The summed E-state index contributed by atoms with van der Waals surface area (Å²) in [5.41, 5.74) is 0.508. The van der Waals surface area contributed by atoms with Crippen LogP contribution in [0.2, 0.25) is 0 Å². The van der Waals surface area contributed by atoms with Crippen LogP contribution in [0.5, 0.6) is 0 Å². The van der Waals surface area contributed by atoms with Gasteiger partial charge < -0.3 is 4.90 Å². The minimum atomic E-state index is -0.571. The van der Waals surface area contributed by atoms with Crippen molar-refractivity contribution >= 4 is 0 Å². The van der Waals surface area contributed by atoms with Gasteiger partial charge in [0, 0.05) is 12.6 Å². The van der Waals surface area contributed by atoms with Gasteiger partial charge in [0.05, 0.1) is 6.07 Å². The molecule has 1 aliphatic heterocycles. The van der Waals surface area contributed by atoms with Crippen molar-refractivity contribution in [2.75, 3.05) is 19.6 Å². The molecular formula is C17H25N3. The first-order valence-electron chi connectivity index (χ1n) is 7.63. The fourth-order valence-corrected chi connectivity index (χ4v) is 3.00. The van der Waals surface area contributed by atoms with E-state index < -0.39 is 5.54 Å². The lowest BCUT2D eigenvalue weighted by molar-refractivity contribution is 0.272. The third-order valence-electron chi connectivity index (χ3n) is 3.99. The Labute approximate surface area is 122 Å². The van der Waals surface area contributed by atoms with Crippen LogP contribution in [0.15, 0.2) is 30.3 Å². The molecule has 0 spiro atoms. The summed E-state index contributed by atoms with van der Waals surface area (Å²) in [5, 5.41) is 13.3. The predicted molar refractivity (Wildman–Crippen MR) is 82.3 cm³/mol. The zero-order chi connectivity index (χ0) is 14.4. The summed E-state index contributed by atoms with van der Waals surface area (Å²) >= 11 is 0. The fraction of sp³-hybridized carbons (Fsp3) is 0.588. The van der Waals surface area contributed by atoms with Gasteiger partial charge in [0.2, 0.25) is 0 Å². The molecule has 1 heterocycles. The Hall–Kier alpha value is -1.37. The average molecular weight is 271 g/mol. The number of hydrogen-bond donors (Lipinski definition) is 1. The molecule has 3 heteroatoms. The zero-order valence-corrected chi connectivity index (χ0v) is 12.6. The molecule has 2 rings (SSSR count). The molecule has 0 aliphatic carbocycles. The summed E-state index contributed by atoms with van der Waals surface area (Å²) < 4.78 is 0. The molecule has 1 saturated heterocycles. The number of nitrogens with zero attached hydrogens (tertiary/aromatic N) is 2. The van der Waals surface area contributed by atoms with Crippen molar-refractivity contribution < 1.29 is 0 Å². The molecule has 1 unspecified atom stereocenters. The second-order valence-electron chi connectivity index (χ2n) is 5.98. The summed E-state index contributed by atoms with van der Waals surface area (Å²) in [5.74, 6) is 0. The van der Waals surface area contributed by atoms with Gasteiger partial charge in [-0.05, 0) is 51.8 Å². The fourth-order valence-electron chi connectivity index (χ4n) is 3.00. The standard InChI is InChI=1S/C17H25N3/c1-15(2)19-17(14-18,16-8-4-3-5-9-16)10-13-20-11-6-7-12-20/h3-5,8-9,15,19H,6-7,10-13H2,1-2H3. The molecule has 0 aromatic heterocycles. The maximum atomic E-state index is 9.82. The number of nitrogens with one attached hydrogen (secondary N) is 1. The molecular weight excluding hydrogens is 246 g/mol. The Morgan fingerprint density at radius 3 is 2.45 bits per heavy atom. The highest BCUT2D eigenvalue weighted by Crippen LogP contribution is 2.26. The van der Waals surface area contributed by atoms with E-state index in [1.165, 1.54) is 25.9 Å². The van der Waals surface area contributed by atoms with Crippen molar-refractivity contribution in [1.82, 2.24) is 10.2 Å². The molecule has 0 saturated carbocycles. The van der Waals surface area contributed by atoms with Gasteiger partial charge in [-0.15, -0.1) is 0 Å². The molecule has 1 aromatic carbocycles. The van der Waals surface area contributed by atoms with Crippen LogP contribution in [-0.4, -0.2) is 30.6 Å². The molecule has 20 heavy (non-hydrogen) atoms. The number of rotatable bonds is 6. The Kier molecular flexibility index (Phi) is 5.17. The Morgan fingerprint density at radius 1 is 1.25 bits per heavy atom. The van der Waals surface area contributed by atoms with E-state index in [1.54, 1.807) is 0 Å². The first kappa shape index (κ1) is 15.0. The predicted octanol–water partition coefficient (Wildman–Crippen LogP) is 2.89. The van der Waals surface area contributed by atoms with Crippen molar-refractivity contribution in [3.8, 4) is 6.07 Å². The van der Waals surface area contributed by atoms with Crippen LogP contribution >= 0.6 is 0 Å². The normalized spacial score (nSPS) is 18.9. The van der Waals surface area contributed by atoms with Crippen molar-refractivity contribution in [3.63, 3.8) is 0 Å². The third-order valence-corrected chi connectivity index (χ3v) is 3.99. The Morgan fingerprint density at radius 2 is 1.90 bits per heavy atom. The minimum absolute atomic E-state index is 0.286. The lowest BCUT2D eigenvalue weighted by atomic mass is 9.87. The van der Waals surface area contributed by atoms with Crippen LogP contribution < -0.4 is 5.32 Å². The molecule has 1 atom stereocenters. The molecule has 0 amide bonds. The van der Waals surface area contributed by atoms with E-state index in [2.05, 4.69) is 42.3 Å². The Balaban J connectivity index is 2.16. The van der Waals surface area contributed by atoms with Crippen LogP contribution in [0.1, 0.15) is 38.7 Å². The van der Waals surface area contributed by atoms with E-state index >= 15 is 0 Å². The van der Waals surface area contributed by atoms with Gasteiger partial charge in [0.25, 0.3) is 0 Å². The molecule has 1 fully saturated rings. The van der Waals surface area contributed by atoms with Gasteiger partial charge in [-0.1, -0.05) is 30.3 Å². The highest BCUT2D eigenvalue weighted by Gasteiger charge is 2.33. The summed E-state index contributed by atoms with van der Waals surface area (Å²) in [4.78, 5) is 2.47. The summed E-state index contributed by atoms with van der Waals surface area (Å²) in [6, 6.07) is 13.0. The maximum Gasteiger partial charge on any atom is 0.133 e. The molecule has 0 radical (unpaired) electrons. The quantitative estimate of drug-likeness (QED) is 0.864. The first-order valence-corrected chi connectivity index (χ1v) is 7.63. The number of benzene rings is 1. The van der Waals surface area contributed by atoms with Crippen LogP contribution in [-0.2, 0) is 5.54 Å². The van der Waals surface area contributed by atoms with Gasteiger partial charge in [-0.3, -0.25) is 5.32 Å². The summed E-state index contributed by atoms with van der Waals surface area (Å²) in [7, 11) is 0. The SMILES string of the molecule is CC(C)NC(C#N)(CCN1CCCC1)c1ccccc1. The van der Waals surface area contributed by atoms with E-state index in [-0.39, 0.29) is 6.04 Å². The molecule has 1 aliphatic rings. The largest absolute Gasteiger partial charge is 0.303 e. The molecule has 1 aromatic rings. The lowest BCUT2D eigenvalue weighted by Crippen LogP contribution is -2.47. The van der Waals surface area contributed by atoms with Gasteiger partial charge in [0.15, 0.2) is 0 Å². The van der Waals surface area contributed by atoms with Gasteiger partial charge in [0.1, 0.15) is 5.54 Å². The average Bonchev–Trinajstić information content (AvgIpc) is 2.97. The van der Waals surface area contributed by atoms with E-state index in [0.29, 0.717) is 0 Å². The maximum absolute atomic E-state index is 9.82. The lowest BCUT2D eigenvalue weighted by Gasteiger charge is -2.32. The minimum Gasteiger partial charge on any atom is -0.303 e. The van der Waals surface area contributed by atoms with Crippen molar-refractivity contribution in [2.45, 2.75) is 44.7 Å². The van der Waals surface area contributed by atoms with Crippen LogP contribution in [0.3, 0.4) is 0 Å². The second kappa shape index (κ2) is 6.88. The van der Waals surface area contributed by atoms with Crippen molar-refractivity contribution in [1.29, 1.82) is 5.26 Å². The number of nitriles is 1. The molecule has 0 bridgehead atoms. The highest BCUT2D eigenvalue weighted by molar-refractivity contribution is 5.31. The molecule has 3 nitrogen and oxygen atoms in total. The smallest absolute Gasteiger partial charge is 0.133 e. The number of hydrogen-bond acceptors (Lipinski definition) is 3. The first-order chi connectivity index (χ1) is 9.66. The molecule has 1 N–H and O–H groups in total. The monoisotopic (exact) mass is 271 g/mol. The molecule has 108 valence electrons. The number of likely N-dealkylation sites (tertiary alicyclic amines) is 1. The topological polar surface area (TPSA) is 39.1 Å². The zero-order valence-electron chi connectivity index (χ0n) is 12.6. The van der Waals surface area contributed by atoms with Gasteiger partial charge >= 0.3 is 0 Å². The third kappa shape index (κ3) is 3.59.